The molecule has 0 saturated carbocycles. The number of carbonyl (C=O) groups is 3. The lowest BCUT2D eigenvalue weighted by Gasteiger charge is -2.46. The van der Waals surface area contributed by atoms with Gasteiger partial charge in [-0.1, -0.05) is 49.2 Å². The molecule has 3 atom stereocenters. The molecule has 2 amide bonds. The van der Waals surface area contributed by atoms with E-state index in [0.717, 1.165) is 21.3 Å². The minimum Gasteiger partial charge on any atom is -0.480 e. The van der Waals surface area contributed by atoms with Crippen molar-refractivity contribution in [3.8, 4) is 0 Å². The van der Waals surface area contributed by atoms with Crippen LogP contribution < -0.4 is 5.32 Å². The number of benzene rings is 2. The fourth-order valence-electron chi connectivity index (χ4n) is 4.79. The van der Waals surface area contributed by atoms with Gasteiger partial charge in [0.25, 0.3) is 5.91 Å². The molecular weight excluding hydrogens is 446 g/mol. The molecule has 0 unspecified atom stereocenters. The number of fused-ring (bicyclic) bond motifs is 2. The zero-order valence-electron chi connectivity index (χ0n) is 18.3. The van der Waals surface area contributed by atoms with Crippen molar-refractivity contribution < 1.29 is 27.9 Å². The second-order valence-corrected chi connectivity index (χ2v) is 10.7. The number of nitrogens with zero attached hydrogens (tertiary/aromatic N) is 2. The number of amides is 2. The minimum atomic E-state index is -3.61. The molecule has 33 heavy (non-hydrogen) atoms. The topological polar surface area (TPSA) is 124 Å². The van der Waals surface area contributed by atoms with Crippen LogP contribution in [0, 0.1) is 0 Å². The van der Waals surface area contributed by atoms with Gasteiger partial charge in [0.1, 0.15) is 12.1 Å². The predicted molar refractivity (Wildman–Crippen MR) is 122 cm³/mol. The number of hydrogen-bond acceptors (Lipinski definition) is 5. The van der Waals surface area contributed by atoms with Gasteiger partial charge in [0, 0.05) is 24.7 Å². The van der Waals surface area contributed by atoms with E-state index in [4.69, 9.17) is 0 Å². The van der Waals surface area contributed by atoms with Crippen molar-refractivity contribution in [1.29, 1.82) is 0 Å². The van der Waals surface area contributed by atoms with Gasteiger partial charge in [0.15, 0.2) is 0 Å². The summed E-state index contributed by atoms with van der Waals surface area (Å²) in [5, 5.41) is 14.3. The maximum atomic E-state index is 13.5. The third-order valence-corrected chi connectivity index (χ3v) is 7.68. The van der Waals surface area contributed by atoms with E-state index in [9.17, 15) is 27.9 Å². The highest BCUT2D eigenvalue weighted by molar-refractivity contribution is 7.88. The quantitative estimate of drug-likeness (QED) is 0.693. The molecule has 2 heterocycles. The number of carboxylic acids is 1. The van der Waals surface area contributed by atoms with Gasteiger partial charge in [-0.2, -0.15) is 4.31 Å². The van der Waals surface area contributed by atoms with Crippen molar-refractivity contribution in [3.05, 3.63) is 48.0 Å². The zero-order chi connectivity index (χ0) is 23.8. The molecule has 0 radical (unpaired) electrons. The van der Waals surface area contributed by atoms with Gasteiger partial charge in [-0.3, -0.25) is 9.59 Å². The molecule has 2 aliphatic rings. The van der Waals surface area contributed by atoms with Crippen LogP contribution in [0.4, 0.5) is 0 Å². The van der Waals surface area contributed by atoms with E-state index in [1.165, 1.54) is 4.90 Å². The Kier molecular flexibility index (Phi) is 6.40. The summed E-state index contributed by atoms with van der Waals surface area (Å²) in [6, 6.07) is 10.1. The Morgan fingerprint density at radius 2 is 1.73 bits per heavy atom. The van der Waals surface area contributed by atoms with Crippen molar-refractivity contribution in [2.75, 3.05) is 19.3 Å². The number of carbonyl (C=O) groups excluding carboxylic acids is 2. The Morgan fingerprint density at radius 1 is 1.03 bits per heavy atom. The van der Waals surface area contributed by atoms with E-state index in [-0.39, 0.29) is 13.1 Å². The fraction of sp³-hybridized carbons (Fsp3) is 0.435. The molecule has 2 fully saturated rings. The average molecular weight is 474 g/mol. The Morgan fingerprint density at radius 3 is 2.45 bits per heavy atom. The molecular formula is C23H27N3O6S. The fourth-order valence-corrected chi connectivity index (χ4v) is 5.64. The molecule has 176 valence electrons. The summed E-state index contributed by atoms with van der Waals surface area (Å²) >= 11 is 0. The summed E-state index contributed by atoms with van der Waals surface area (Å²) in [5.74, 6) is -2.14. The normalized spacial score (nSPS) is 24.6. The minimum absolute atomic E-state index is 0.0539. The smallest absolute Gasteiger partial charge is 0.327 e. The van der Waals surface area contributed by atoms with E-state index in [2.05, 4.69) is 5.32 Å². The van der Waals surface area contributed by atoms with Crippen LogP contribution in [0.1, 0.15) is 36.0 Å². The van der Waals surface area contributed by atoms with Crippen molar-refractivity contribution in [2.45, 2.75) is 43.8 Å². The molecule has 2 aliphatic heterocycles. The lowest BCUT2D eigenvalue weighted by molar-refractivity contribution is -0.157. The average Bonchev–Trinajstić information content (AvgIpc) is 2.77. The highest BCUT2D eigenvalue weighted by Gasteiger charge is 2.46. The first kappa shape index (κ1) is 23.2. The lowest BCUT2D eigenvalue weighted by Crippen LogP contribution is -2.67. The Bertz CT molecular complexity index is 1190. The molecule has 0 aromatic heterocycles. The SMILES string of the molecule is CS(=O)(=O)N1C[C@@H]2CCCC[C@H](NC(=O)c3cccc4ccccc34)C(=O)N2[C@H](C(=O)O)C1. The summed E-state index contributed by atoms with van der Waals surface area (Å²) in [4.78, 5) is 40.0. The number of aliphatic carboxylic acids is 1. The Hall–Kier alpha value is -2.98. The molecule has 9 nitrogen and oxygen atoms in total. The van der Waals surface area contributed by atoms with Crippen molar-refractivity contribution in [3.63, 3.8) is 0 Å². The van der Waals surface area contributed by atoms with E-state index in [1.54, 1.807) is 12.1 Å². The third-order valence-electron chi connectivity index (χ3n) is 6.45. The Balaban J connectivity index is 1.62. The second kappa shape index (κ2) is 9.11. The molecule has 2 aromatic carbocycles. The molecule has 2 saturated heterocycles. The predicted octanol–water partition coefficient (Wildman–Crippen LogP) is 1.44. The number of piperazine rings is 1. The highest BCUT2D eigenvalue weighted by Crippen LogP contribution is 2.27. The van der Waals surface area contributed by atoms with Gasteiger partial charge >= 0.3 is 5.97 Å². The molecule has 0 spiro atoms. The van der Waals surface area contributed by atoms with Crippen LogP contribution in [-0.2, 0) is 19.6 Å². The van der Waals surface area contributed by atoms with Crippen LogP contribution in [0.5, 0.6) is 0 Å². The first-order valence-corrected chi connectivity index (χ1v) is 12.8. The summed E-state index contributed by atoms with van der Waals surface area (Å²) in [5.41, 5.74) is 0.441. The molecule has 2 N–H and O–H groups in total. The van der Waals surface area contributed by atoms with Crippen LogP contribution in [-0.4, -0.2) is 78.0 Å². The van der Waals surface area contributed by atoms with Crippen molar-refractivity contribution in [2.24, 2.45) is 0 Å². The molecule has 2 aromatic rings. The standard InChI is InChI=1S/C23H27N3O6S/c1-33(31,32)25-13-16-9-3-5-12-19(22(28)26(16)20(14-25)23(29)30)24-21(27)18-11-6-8-15-7-2-4-10-17(15)18/h2,4,6-8,10-11,16,19-20H,3,5,9,12-14H2,1H3,(H,24,27)(H,29,30)/t16-,19-,20-/m0/s1. The van der Waals surface area contributed by atoms with Crippen LogP contribution in [0.2, 0.25) is 0 Å². The van der Waals surface area contributed by atoms with Gasteiger partial charge in [-0.05, 0) is 29.7 Å². The number of sulfonamides is 1. The summed E-state index contributed by atoms with van der Waals surface area (Å²) in [6.45, 7) is -0.251. The number of hydrogen-bond donors (Lipinski definition) is 2. The number of rotatable bonds is 4. The maximum absolute atomic E-state index is 13.5. The summed E-state index contributed by atoms with van der Waals surface area (Å²) in [7, 11) is -3.61. The van der Waals surface area contributed by atoms with Gasteiger partial charge in [-0.25, -0.2) is 13.2 Å². The van der Waals surface area contributed by atoms with Gasteiger partial charge in [-0.15, -0.1) is 0 Å². The van der Waals surface area contributed by atoms with E-state index >= 15 is 0 Å². The number of carboxylic acid groups (broad SMARTS) is 1. The van der Waals surface area contributed by atoms with Gasteiger partial charge in [0.2, 0.25) is 15.9 Å². The molecule has 0 bridgehead atoms. The van der Waals surface area contributed by atoms with Crippen LogP contribution in [0.25, 0.3) is 10.8 Å². The van der Waals surface area contributed by atoms with E-state index in [1.807, 2.05) is 30.3 Å². The molecule has 10 heteroatoms. The highest BCUT2D eigenvalue weighted by atomic mass is 32.2. The van der Waals surface area contributed by atoms with Gasteiger partial charge in [0.05, 0.1) is 6.26 Å². The van der Waals surface area contributed by atoms with Crippen LogP contribution in [0.3, 0.4) is 0 Å². The third kappa shape index (κ3) is 4.72. The van der Waals surface area contributed by atoms with E-state index < -0.39 is 45.9 Å². The second-order valence-electron chi connectivity index (χ2n) is 8.67. The summed E-state index contributed by atoms with van der Waals surface area (Å²) < 4.78 is 25.4. The molecule has 4 rings (SSSR count). The Labute approximate surface area is 192 Å². The molecule has 0 aliphatic carbocycles. The lowest BCUT2D eigenvalue weighted by atomic mass is 9.94. The number of nitrogens with one attached hydrogen (secondary N) is 1. The van der Waals surface area contributed by atoms with Crippen LogP contribution >= 0.6 is 0 Å². The zero-order valence-corrected chi connectivity index (χ0v) is 19.1. The van der Waals surface area contributed by atoms with Crippen molar-refractivity contribution in [1.82, 2.24) is 14.5 Å². The van der Waals surface area contributed by atoms with Crippen molar-refractivity contribution >= 4 is 38.6 Å². The maximum Gasteiger partial charge on any atom is 0.327 e. The first-order chi connectivity index (χ1) is 15.7. The van der Waals surface area contributed by atoms with Gasteiger partial charge < -0.3 is 15.3 Å². The van der Waals surface area contributed by atoms with E-state index in [0.29, 0.717) is 31.2 Å². The van der Waals surface area contributed by atoms with Crippen LogP contribution in [0.15, 0.2) is 42.5 Å². The summed E-state index contributed by atoms with van der Waals surface area (Å²) in [6.07, 6.45) is 3.29. The monoisotopic (exact) mass is 473 g/mol. The first-order valence-electron chi connectivity index (χ1n) is 11.0. The largest absolute Gasteiger partial charge is 0.480 e.